The maximum Gasteiger partial charge on any atom is 0.163 e. The highest BCUT2D eigenvalue weighted by Gasteiger charge is 2.12. The average Bonchev–Trinajstić information content (AvgIpc) is 3.08. The zero-order valence-electron chi connectivity index (χ0n) is 15.1. The van der Waals surface area contributed by atoms with Crippen LogP contribution < -0.4 is 5.32 Å². The van der Waals surface area contributed by atoms with Gasteiger partial charge in [-0.25, -0.2) is 14.6 Å². The molecule has 1 aliphatic heterocycles. The van der Waals surface area contributed by atoms with Gasteiger partial charge >= 0.3 is 0 Å². The summed E-state index contributed by atoms with van der Waals surface area (Å²) in [5.41, 5.74) is 3.32. The Morgan fingerprint density at radius 2 is 1.92 bits per heavy atom. The Labute approximate surface area is 153 Å². The van der Waals surface area contributed by atoms with Crippen LogP contribution in [0.25, 0.3) is 11.0 Å². The maximum atomic E-state index is 5.39. The minimum absolute atomic E-state index is 0.702. The first-order valence-electron chi connectivity index (χ1n) is 9.05. The number of rotatable bonds is 6. The average molecular weight is 352 g/mol. The Balaban J connectivity index is 1.45. The summed E-state index contributed by atoms with van der Waals surface area (Å²) in [6, 6.07) is 8.50. The number of ether oxygens (including phenoxy) is 1. The lowest BCUT2D eigenvalue weighted by molar-refractivity contribution is 0.0398. The van der Waals surface area contributed by atoms with Crippen molar-refractivity contribution in [2.24, 2.45) is 0 Å². The molecule has 0 aliphatic carbocycles. The second-order valence-corrected chi connectivity index (χ2v) is 6.63. The first kappa shape index (κ1) is 16.9. The van der Waals surface area contributed by atoms with Gasteiger partial charge in [0, 0.05) is 26.2 Å². The van der Waals surface area contributed by atoms with Gasteiger partial charge in [0.05, 0.1) is 31.3 Å². The molecule has 0 atom stereocenters. The normalized spacial score (nSPS) is 15.4. The molecule has 0 spiro atoms. The largest absolute Gasteiger partial charge is 0.379 e. The lowest BCUT2D eigenvalue weighted by Crippen LogP contribution is -2.39. The van der Waals surface area contributed by atoms with E-state index in [9.17, 15) is 0 Å². The van der Waals surface area contributed by atoms with Crippen molar-refractivity contribution in [2.45, 2.75) is 13.5 Å². The van der Waals surface area contributed by atoms with Gasteiger partial charge in [0.15, 0.2) is 5.65 Å². The van der Waals surface area contributed by atoms with E-state index < -0.39 is 0 Å². The predicted molar refractivity (Wildman–Crippen MR) is 101 cm³/mol. The summed E-state index contributed by atoms with van der Waals surface area (Å²) < 4.78 is 7.31. The molecule has 7 nitrogen and oxygen atoms in total. The number of aryl methyl sites for hydroxylation is 1. The molecule has 0 amide bonds. The lowest BCUT2D eigenvalue weighted by Gasteiger charge is -2.26. The van der Waals surface area contributed by atoms with E-state index in [-0.39, 0.29) is 0 Å². The number of hydrogen-bond acceptors (Lipinski definition) is 6. The molecule has 1 fully saturated rings. The van der Waals surface area contributed by atoms with Crippen molar-refractivity contribution in [1.29, 1.82) is 0 Å². The molecule has 7 heteroatoms. The highest BCUT2D eigenvalue weighted by molar-refractivity contribution is 5.86. The van der Waals surface area contributed by atoms with Crippen LogP contribution in [0, 0.1) is 6.92 Å². The quantitative estimate of drug-likeness (QED) is 0.731. The predicted octanol–water partition coefficient (Wildman–Crippen LogP) is 1.93. The number of aromatic nitrogens is 4. The summed E-state index contributed by atoms with van der Waals surface area (Å²) in [5.74, 6) is 0.846. The molecule has 136 valence electrons. The molecule has 0 unspecified atom stereocenters. The van der Waals surface area contributed by atoms with E-state index in [4.69, 9.17) is 4.74 Å². The van der Waals surface area contributed by atoms with Crippen LogP contribution in [-0.4, -0.2) is 64.0 Å². The Hall–Kier alpha value is -2.51. The lowest BCUT2D eigenvalue weighted by atomic mass is 10.1. The zero-order chi connectivity index (χ0) is 17.8. The molecular weight excluding hydrogens is 328 g/mol. The molecule has 1 saturated heterocycles. The molecule has 3 aromatic rings. The van der Waals surface area contributed by atoms with Gasteiger partial charge in [-0.2, -0.15) is 5.10 Å². The van der Waals surface area contributed by atoms with Gasteiger partial charge in [0.25, 0.3) is 0 Å². The fourth-order valence-electron chi connectivity index (χ4n) is 3.17. The van der Waals surface area contributed by atoms with Crippen LogP contribution in [0.2, 0.25) is 0 Å². The summed E-state index contributed by atoms with van der Waals surface area (Å²) in [6.07, 6.45) is 3.45. The van der Waals surface area contributed by atoms with Crippen molar-refractivity contribution in [3.8, 4) is 0 Å². The van der Waals surface area contributed by atoms with E-state index in [0.717, 1.165) is 56.2 Å². The monoisotopic (exact) mass is 352 g/mol. The highest BCUT2D eigenvalue weighted by Crippen LogP contribution is 2.19. The molecule has 3 heterocycles. The summed E-state index contributed by atoms with van der Waals surface area (Å²) in [4.78, 5) is 11.2. The maximum absolute atomic E-state index is 5.39. The van der Waals surface area contributed by atoms with Crippen LogP contribution in [0.4, 0.5) is 5.82 Å². The van der Waals surface area contributed by atoms with Gasteiger partial charge < -0.3 is 10.1 Å². The van der Waals surface area contributed by atoms with Crippen LogP contribution in [0.5, 0.6) is 0 Å². The number of anilines is 1. The fraction of sp³-hybridized carbons (Fsp3) is 0.421. The topological polar surface area (TPSA) is 68.1 Å². The molecule has 0 saturated carbocycles. The van der Waals surface area contributed by atoms with E-state index in [0.29, 0.717) is 6.54 Å². The van der Waals surface area contributed by atoms with E-state index in [2.05, 4.69) is 56.5 Å². The minimum atomic E-state index is 0.702. The van der Waals surface area contributed by atoms with Crippen molar-refractivity contribution in [3.63, 3.8) is 0 Å². The summed E-state index contributed by atoms with van der Waals surface area (Å²) in [6.45, 7) is 8.25. The third-order valence-corrected chi connectivity index (χ3v) is 4.71. The van der Waals surface area contributed by atoms with Crippen molar-refractivity contribution in [2.75, 3.05) is 44.7 Å². The van der Waals surface area contributed by atoms with Crippen LogP contribution in [0.1, 0.15) is 11.1 Å². The van der Waals surface area contributed by atoms with Crippen molar-refractivity contribution >= 4 is 16.9 Å². The van der Waals surface area contributed by atoms with Crippen molar-refractivity contribution < 1.29 is 4.74 Å². The second kappa shape index (κ2) is 7.80. The zero-order valence-corrected chi connectivity index (χ0v) is 15.1. The van der Waals surface area contributed by atoms with Crippen LogP contribution in [0.3, 0.4) is 0 Å². The third kappa shape index (κ3) is 3.84. The van der Waals surface area contributed by atoms with E-state index in [1.807, 2.05) is 10.9 Å². The van der Waals surface area contributed by atoms with Gasteiger partial charge in [0.1, 0.15) is 12.1 Å². The highest BCUT2D eigenvalue weighted by atomic mass is 16.5. The molecule has 2 aromatic heterocycles. The number of hydrogen-bond donors (Lipinski definition) is 1. The van der Waals surface area contributed by atoms with Crippen molar-refractivity contribution in [3.05, 3.63) is 47.9 Å². The Morgan fingerprint density at radius 1 is 1.12 bits per heavy atom. The summed E-state index contributed by atoms with van der Waals surface area (Å²) >= 11 is 0. The molecule has 1 aromatic carbocycles. The standard InChI is InChI=1S/C19H24N6O/c1-15-2-4-16(5-3-15)13-25-19-17(12-23-25)18(21-14-22-19)20-6-7-24-8-10-26-11-9-24/h2-5,12,14H,6-11,13H2,1H3,(H,20,21,22). The number of nitrogens with one attached hydrogen (secondary N) is 1. The number of benzene rings is 1. The first-order valence-corrected chi connectivity index (χ1v) is 9.05. The van der Waals surface area contributed by atoms with E-state index in [1.54, 1.807) is 6.33 Å². The molecule has 4 rings (SSSR count). The molecule has 26 heavy (non-hydrogen) atoms. The Morgan fingerprint density at radius 3 is 2.73 bits per heavy atom. The van der Waals surface area contributed by atoms with E-state index in [1.165, 1.54) is 11.1 Å². The van der Waals surface area contributed by atoms with Gasteiger partial charge in [-0.1, -0.05) is 29.8 Å². The number of nitrogens with zero attached hydrogens (tertiary/aromatic N) is 5. The van der Waals surface area contributed by atoms with Gasteiger partial charge in [0.2, 0.25) is 0 Å². The Kier molecular flexibility index (Phi) is 5.08. The summed E-state index contributed by atoms with van der Waals surface area (Å²) in [5, 5.41) is 8.91. The molecule has 0 radical (unpaired) electrons. The molecular formula is C19H24N6O. The molecule has 1 N–H and O–H groups in total. The summed E-state index contributed by atoms with van der Waals surface area (Å²) in [7, 11) is 0. The second-order valence-electron chi connectivity index (χ2n) is 6.63. The van der Waals surface area contributed by atoms with Crippen LogP contribution in [-0.2, 0) is 11.3 Å². The Bertz CT molecular complexity index is 854. The van der Waals surface area contributed by atoms with Gasteiger partial charge in [-0.05, 0) is 12.5 Å². The number of fused-ring (bicyclic) bond motifs is 1. The fourth-order valence-corrected chi connectivity index (χ4v) is 3.17. The first-order chi connectivity index (χ1) is 12.8. The number of morpholine rings is 1. The van der Waals surface area contributed by atoms with Gasteiger partial charge in [-0.3, -0.25) is 4.90 Å². The van der Waals surface area contributed by atoms with E-state index >= 15 is 0 Å². The molecule has 0 bridgehead atoms. The smallest absolute Gasteiger partial charge is 0.163 e. The minimum Gasteiger partial charge on any atom is -0.379 e. The van der Waals surface area contributed by atoms with Crippen LogP contribution >= 0.6 is 0 Å². The third-order valence-electron chi connectivity index (χ3n) is 4.71. The van der Waals surface area contributed by atoms with Crippen LogP contribution in [0.15, 0.2) is 36.8 Å². The SMILES string of the molecule is Cc1ccc(Cn2ncc3c(NCCN4CCOCC4)ncnc32)cc1. The van der Waals surface area contributed by atoms with Crippen molar-refractivity contribution in [1.82, 2.24) is 24.6 Å². The molecule has 1 aliphatic rings. The van der Waals surface area contributed by atoms with Gasteiger partial charge in [-0.15, -0.1) is 0 Å².